The first kappa shape index (κ1) is 14.0. The molecule has 0 radical (unpaired) electrons. The van der Waals surface area contributed by atoms with Crippen molar-refractivity contribution in [1.82, 2.24) is 5.32 Å². The maximum absolute atomic E-state index is 11.7. The van der Waals surface area contributed by atoms with Gasteiger partial charge < -0.3 is 15.8 Å². The van der Waals surface area contributed by atoms with Gasteiger partial charge in [0.05, 0.1) is 12.2 Å². The van der Waals surface area contributed by atoms with Gasteiger partial charge in [0.25, 0.3) is 0 Å². The van der Waals surface area contributed by atoms with Crippen LogP contribution in [0, 0.1) is 6.92 Å². The number of aryl methyl sites for hydroxylation is 1. The van der Waals surface area contributed by atoms with Crippen molar-refractivity contribution in [2.45, 2.75) is 19.8 Å². The molecule has 0 aliphatic rings. The second-order valence-electron chi connectivity index (χ2n) is 3.98. The van der Waals surface area contributed by atoms with Gasteiger partial charge >= 0.3 is 5.97 Å². The van der Waals surface area contributed by atoms with Crippen LogP contribution < -0.4 is 11.1 Å². The molecule has 3 N–H and O–H groups in total. The number of ether oxygens (including phenoxy) is 1. The Morgan fingerprint density at radius 1 is 1.39 bits per heavy atom. The van der Waals surface area contributed by atoms with E-state index in [4.69, 9.17) is 10.5 Å². The Hall–Kier alpha value is -2.04. The molecule has 18 heavy (non-hydrogen) atoms. The highest BCUT2D eigenvalue weighted by Crippen LogP contribution is 2.13. The molecule has 0 heterocycles. The summed E-state index contributed by atoms with van der Waals surface area (Å²) in [6.07, 6.45) is 0.865. The zero-order valence-corrected chi connectivity index (χ0v) is 10.7. The number of anilines is 1. The summed E-state index contributed by atoms with van der Waals surface area (Å²) in [7, 11) is 1.57. The summed E-state index contributed by atoms with van der Waals surface area (Å²) in [4.78, 5) is 22.6. The molecule has 0 bridgehead atoms. The molecule has 5 heteroatoms. The lowest BCUT2D eigenvalue weighted by molar-refractivity contribution is -0.120. The fourth-order valence-electron chi connectivity index (χ4n) is 1.41. The van der Waals surface area contributed by atoms with E-state index >= 15 is 0 Å². The van der Waals surface area contributed by atoms with Gasteiger partial charge in [-0.2, -0.15) is 0 Å². The molecule has 98 valence electrons. The van der Waals surface area contributed by atoms with Crippen molar-refractivity contribution in [3.05, 3.63) is 29.3 Å². The zero-order chi connectivity index (χ0) is 13.5. The quantitative estimate of drug-likeness (QED) is 0.468. The molecule has 0 aromatic heterocycles. The molecule has 0 fully saturated rings. The van der Waals surface area contributed by atoms with Crippen LogP contribution in [0.5, 0.6) is 0 Å². The van der Waals surface area contributed by atoms with Crippen molar-refractivity contribution < 1.29 is 14.3 Å². The van der Waals surface area contributed by atoms with Crippen molar-refractivity contribution >= 4 is 17.6 Å². The number of nitrogens with one attached hydrogen (secondary N) is 1. The van der Waals surface area contributed by atoms with Crippen LogP contribution >= 0.6 is 0 Å². The molecule has 1 aromatic rings. The van der Waals surface area contributed by atoms with Gasteiger partial charge in [-0.05, 0) is 37.1 Å². The Morgan fingerprint density at radius 3 is 2.72 bits per heavy atom. The minimum Gasteiger partial charge on any atom is -0.462 e. The maximum Gasteiger partial charge on any atom is 0.338 e. The maximum atomic E-state index is 11.7. The van der Waals surface area contributed by atoms with Crippen molar-refractivity contribution in [2.75, 3.05) is 19.4 Å². The van der Waals surface area contributed by atoms with Gasteiger partial charge in [0.15, 0.2) is 0 Å². The number of amides is 1. The Kier molecular flexibility index (Phi) is 5.17. The standard InChI is InChI=1S/C13H18N2O3/c1-9-8-10(5-6-11(9)14)13(17)18-7-3-4-12(16)15-2/h5-6,8H,3-4,7,14H2,1-2H3,(H,15,16). The van der Waals surface area contributed by atoms with Crippen LogP contribution in [0.1, 0.15) is 28.8 Å². The monoisotopic (exact) mass is 250 g/mol. The lowest BCUT2D eigenvalue weighted by Crippen LogP contribution is -2.18. The molecule has 0 atom stereocenters. The van der Waals surface area contributed by atoms with E-state index in [1.807, 2.05) is 6.92 Å². The van der Waals surface area contributed by atoms with Gasteiger partial charge in [-0.3, -0.25) is 4.79 Å². The summed E-state index contributed by atoms with van der Waals surface area (Å²) in [6.45, 7) is 2.06. The Balaban J connectivity index is 2.41. The number of nitrogen functional groups attached to an aromatic ring is 1. The molecule has 1 amide bonds. The fourth-order valence-corrected chi connectivity index (χ4v) is 1.41. The molecular weight excluding hydrogens is 232 g/mol. The third kappa shape index (κ3) is 4.08. The summed E-state index contributed by atoms with van der Waals surface area (Å²) in [5.41, 5.74) is 7.62. The van der Waals surface area contributed by atoms with E-state index in [1.54, 1.807) is 25.2 Å². The number of hydrogen-bond acceptors (Lipinski definition) is 4. The molecule has 1 rings (SSSR count). The first-order valence-corrected chi connectivity index (χ1v) is 5.78. The zero-order valence-electron chi connectivity index (χ0n) is 10.7. The number of rotatable bonds is 5. The molecule has 1 aromatic carbocycles. The van der Waals surface area contributed by atoms with E-state index in [1.165, 1.54) is 0 Å². The van der Waals surface area contributed by atoms with Crippen LogP contribution in [0.2, 0.25) is 0 Å². The second-order valence-corrected chi connectivity index (χ2v) is 3.98. The number of nitrogens with two attached hydrogens (primary N) is 1. The molecule has 0 unspecified atom stereocenters. The number of hydrogen-bond donors (Lipinski definition) is 2. The number of esters is 1. The Morgan fingerprint density at radius 2 is 2.11 bits per heavy atom. The van der Waals surface area contributed by atoms with Crippen LogP contribution in [-0.2, 0) is 9.53 Å². The predicted octanol–water partition coefficient (Wildman–Crippen LogP) is 1.26. The first-order valence-electron chi connectivity index (χ1n) is 5.78. The van der Waals surface area contributed by atoms with E-state index in [9.17, 15) is 9.59 Å². The summed E-state index contributed by atoms with van der Waals surface area (Å²) in [5.74, 6) is -0.454. The van der Waals surface area contributed by atoms with Gasteiger partial charge in [-0.15, -0.1) is 0 Å². The predicted molar refractivity (Wildman–Crippen MR) is 69.2 cm³/mol. The molecule has 5 nitrogen and oxygen atoms in total. The first-order chi connectivity index (χ1) is 8.54. The van der Waals surface area contributed by atoms with Crippen LogP contribution in [-0.4, -0.2) is 25.5 Å². The van der Waals surface area contributed by atoms with Crippen molar-refractivity contribution in [3.8, 4) is 0 Å². The van der Waals surface area contributed by atoms with Gasteiger partial charge in [0.1, 0.15) is 0 Å². The van der Waals surface area contributed by atoms with E-state index in [0.717, 1.165) is 5.56 Å². The molecule has 0 aliphatic heterocycles. The summed E-state index contributed by atoms with van der Waals surface area (Å²) in [6, 6.07) is 5.00. The van der Waals surface area contributed by atoms with E-state index in [0.29, 0.717) is 24.1 Å². The summed E-state index contributed by atoms with van der Waals surface area (Å²) >= 11 is 0. The average Bonchev–Trinajstić information content (AvgIpc) is 2.37. The van der Waals surface area contributed by atoms with Crippen LogP contribution in [0.4, 0.5) is 5.69 Å². The average molecular weight is 250 g/mol. The lowest BCUT2D eigenvalue weighted by Gasteiger charge is -2.06. The molecular formula is C13H18N2O3. The highest BCUT2D eigenvalue weighted by Gasteiger charge is 2.08. The van der Waals surface area contributed by atoms with Crippen LogP contribution in [0.3, 0.4) is 0 Å². The van der Waals surface area contributed by atoms with Crippen molar-refractivity contribution in [1.29, 1.82) is 0 Å². The minimum absolute atomic E-state index is 0.0608. The van der Waals surface area contributed by atoms with Crippen LogP contribution in [0.25, 0.3) is 0 Å². The highest BCUT2D eigenvalue weighted by atomic mass is 16.5. The van der Waals surface area contributed by atoms with Gasteiger partial charge in [-0.25, -0.2) is 4.79 Å². The third-order valence-electron chi connectivity index (χ3n) is 2.57. The van der Waals surface area contributed by atoms with Crippen molar-refractivity contribution in [3.63, 3.8) is 0 Å². The molecule has 0 saturated carbocycles. The normalized spacial score (nSPS) is 9.89. The Bertz CT molecular complexity index is 444. The third-order valence-corrected chi connectivity index (χ3v) is 2.57. The summed E-state index contributed by atoms with van der Waals surface area (Å²) < 4.78 is 5.06. The topological polar surface area (TPSA) is 81.4 Å². The minimum atomic E-state index is -0.394. The number of benzene rings is 1. The van der Waals surface area contributed by atoms with E-state index < -0.39 is 5.97 Å². The lowest BCUT2D eigenvalue weighted by atomic mass is 10.1. The van der Waals surface area contributed by atoms with Gasteiger partial charge in [0.2, 0.25) is 5.91 Å². The van der Waals surface area contributed by atoms with Gasteiger partial charge in [-0.1, -0.05) is 0 Å². The fraction of sp³-hybridized carbons (Fsp3) is 0.385. The van der Waals surface area contributed by atoms with Crippen molar-refractivity contribution in [2.24, 2.45) is 0 Å². The largest absolute Gasteiger partial charge is 0.462 e. The number of carbonyl (C=O) groups is 2. The molecule has 0 saturated heterocycles. The number of carbonyl (C=O) groups excluding carboxylic acids is 2. The second kappa shape index (κ2) is 6.64. The SMILES string of the molecule is CNC(=O)CCCOC(=O)c1ccc(N)c(C)c1. The summed E-state index contributed by atoms with van der Waals surface area (Å²) in [5, 5.41) is 2.51. The van der Waals surface area contributed by atoms with E-state index in [2.05, 4.69) is 5.32 Å². The van der Waals surface area contributed by atoms with Gasteiger partial charge in [0, 0.05) is 19.2 Å². The smallest absolute Gasteiger partial charge is 0.338 e. The highest BCUT2D eigenvalue weighted by molar-refractivity contribution is 5.90. The molecule has 0 aliphatic carbocycles. The van der Waals surface area contributed by atoms with Crippen LogP contribution in [0.15, 0.2) is 18.2 Å². The Labute approximate surface area is 106 Å². The van der Waals surface area contributed by atoms with E-state index in [-0.39, 0.29) is 12.5 Å². The molecule has 0 spiro atoms.